The third kappa shape index (κ3) is 3.91. The average Bonchev–Trinajstić information content (AvgIpc) is 2.35. The van der Waals surface area contributed by atoms with Gasteiger partial charge >= 0.3 is 0 Å². The normalized spacial score (nSPS) is 14.6. The summed E-state index contributed by atoms with van der Waals surface area (Å²) < 4.78 is 27.4. The van der Waals surface area contributed by atoms with Crippen LogP contribution in [0.1, 0.15) is 12.5 Å². The van der Waals surface area contributed by atoms with Gasteiger partial charge in [0.25, 0.3) is 0 Å². The summed E-state index contributed by atoms with van der Waals surface area (Å²) in [5.41, 5.74) is 0.00835. The van der Waals surface area contributed by atoms with E-state index in [1.165, 1.54) is 23.9 Å². The van der Waals surface area contributed by atoms with E-state index >= 15 is 0 Å². The minimum Gasteiger partial charge on any atom is -0.395 e. The van der Waals surface area contributed by atoms with Crippen molar-refractivity contribution in [2.75, 3.05) is 12.9 Å². The molecule has 0 aliphatic carbocycles. The van der Waals surface area contributed by atoms with Crippen LogP contribution in [0.5, 0.6) is 0 Å². The maximum atomic E-state index is 13.7. The number of aliphatic hydroxyl groups excluding tert-OH is 1. The Morgan fingerprint density at radius 3 is 2.67 bits per heavy atom. The van der Waals surface area contributed by atoms with Gasteiger partial charge in [-0.3, -0.25) is 0 Å². The molecule has 0 radical (unpaired) electrons. The maximum Gasteiger partial charge on any atom is 0.144 e. The highest BCUT2D eigenvalue weighted by molar-refractivity contribution is 9.10. The third-order valence-corrected chi connectivity index (χ3v) is 4.56. The van der Waals surface area contributed by atoms with E-state index in [9.17, 15) is 8.78 Å². The molecule has 0 aromatic heterocycles. The molecule has 102 valence electrons. The highest BCUT2D eigenvalue weighted by atomic mass is 79.9. The number of thioether (sulfide) groups is 1. The summed E-state index contributed by atoms with van der Waals surface area (Å²) in [5.74, 6) is -1.15. The second-order valence-electron chi connectivity index (χ2n) is 3.95. The molecule has 1 aromatic rings. The molecule has 0 saturated carbocycles. The standard InChI is InChI=1S/C12H16BrF2NOS/c1-7(11(6-17)18-2)16-5-8-10(14)4-3-9(13)12(8)15/h3-4,7,11,16-17H,5-6H2,1-2H3. The van der Waals surface area contributed by atoms with Crippen molar-refractivity contribution in [3.05, 3.63) is 33.8 Å². The van der Waals surface area contributed by atoms with Crippen molar-refractivity contribution in [2.24, 2.45) is 0 Å². The molecule has 0 saturated heterocycles. The van der Waals surface area contributed by atoms with Crippen molar-refractivity contribution in [3.63, 3.8) is 0 Å². The van der Waals surface area contributed by atoms with Crippen molar-refractivity contribution in [2.45, 2.75) is 24.8 Å². The van der Waals surface area contributed by atoms with Gasteiger partial charge in [-0.1, -0.05) is 0 Å². The van der Waals surface area contributed by atoms with Crippen molar-refractivity contribution in [3.8, 4) is 0 Å². The van der Waals surface area contributed by atoms with Gasteiger partial charge in [-0.25, -0.2) is 8.78 Å². The number of halogens is 3. The predicted octanol–water partition coefficient (Wildman–Crippen LogP) is 2.93. The Balaban J connectivity index is 2.72. The van der Waals surface area contributed by atoms with E-state index < -0.39 is 11.6 Å². The molecule has 0 fully saturated rings. The Hall–Kier alpha value is -0.170. The first kappa shape index (κ1) is 15.9. The Morgan fingerprint density at radius 1 is 1.44 bits per heavy atom. The van der Waals surface area contributed by atoms with Crippen molar-refractivity contribution < 1.29 is 13.9 Å². The molecular formula is C12H16BrF2NOS. The lowest BCUT2D eigenvalue weighted by molar-refractivity contribution is 0.275. The Labute approximate surface area is 118 Å². The summed E-state index contributed by atoms with van der Waals surface area (Å²) in [4.78, 5) is 0. The van der Waals surface area contributed by atoms with E-state index in [0.29, 0.717) is 0 Å². The van der Waals surface area contributed by atoms with Crippen molar-refractivity contribution in [1.29, 1.82) is 0 Å². The highest BCUT2D eigenvalue weighted by Gasteiger charge is 2.17. The van der Waals surface area contributed by atoms with Crippen LogP contribution in [0, 0.1) is 11.6 Å². The van der Waals surface area contributed by atoms with Crippen molar-refractivity contribution in [1.82, 2.24) is 5.32 Å². The molecule has 0 bridgehead atoms. The van der Waals surface area contributed by atoms with Crippen LogP contribution in [0.4, 0.5) is 8.78 Å². The smallest absolute Gasteiger partial charge is 0.144 e. The second-order valence-corrected chi connectivity index (χ2v) is 5.88. The zero-order valence-corrected chi connectivity index (χ0v) is 12.6. The molecule has 0 aliphatic rings. The first-order valence-electron chi connectivity index (χ1n) is 5.50. The molecule has 1 aromatic carbocycles. The summed E-state index contributed by atoms with van der Waals surface area (Å²) in [6.07, 6.45) is 1.89. The van der Waals surface area contributed by atoms with Crippen LogP contribution in [0.25, 0.3) is 0 Å². The van der Waals surface area contributed by atoms with Gasteiger partial charge in [0.15, 0.2) is 0 Å². The molecule has 2 N–H and O–H groups in total. The fourth-order valence-electron chi connectivity index (χ4n) is 1.56. The average molecular weight is 340 g/mol. The van der Waals surface area contributed by atoms with Gasteiger partial charge in [0.2, 0.25) is 0 Å². The van der Waals surface area contributed by atoms with Gasteiger partial charge < -0.3 is 10.4 Å². The summed E-state index contributed by atoms with van der Waals surface area (Å²) >= 11 is 4.55. The van der Waals surface area contributed by atoms with Crippen LogP contribution >= 0.6 is 27.7 Å². The zero-order valence-electron chi connectivity index (χ0n) is 10.2. The van der Waals surface area contributed by atoms with E-state index in [1.807, 2.05) is 13.2 Å². The van der Waals surface area contributed by atoms with Crippen LogP contribution in [-0.4, -0.2) is 29.3 Å². The van der Waals surface area contributed by atoms with Crippen LogP contribution in [0.2, 0.25) is 0 Å². The van der Waals surface area contributed by atoms with E-state index in [0.717, 1.165) is 0 Å². The molecular weight excluding hydrogens is 324 g/mol. The summed E-state index contributed by atoms with van der Waals surface area (Å²) in [7, 11) is 0. The van der Waals surface area contributed by atoms with Crippen LogP contribution < -0.4 is 5.32 Å². The Bertz CT molecular complexity index is 402. The quantitative estimate of drug-likeness (QED) is 0.781. The lowest BCUT2D eigenvalue weighted by Crippen LogP contribution is -2.37. The van der Waals surface area contributed by atoms with E-state index in [-0.39, 0.29) is 34.5 Å². The van der Waals surface area contributed by atoms with Gasteiger partial charge in [0, 0.05) is 23.4 Å². The summed E-state index contributed by atoms with van der Waals surface area (Å²) in [5, 5.41) is 12.2. The molecule has 2 unspecified atom stereocenters. The Morgan fingerprint density at radius 2 is 2.11 bits per heavy atom. The minimum absolute atomic E-state index is 0.00303. The molecule has 2 nitrogen and oxygen atoms in total. The van der Waals surface area contributed by atoms with E-state index in [1.54, 1.807) is 0 Å². The first-order chi connectivity index (χ1) is 8.51. The minimum atomic E-state index is -0.584. The first-order valence-corrected chi connectivity index (χ1v) is 7.58. The largest absolute Gasteiger partial charge is 0.395 e. The van der Waals surface area contributed by atoms with Gasteiger partial charge in [-0.2, -0.15) is 11.8 Å². The molecule has 2 atom stereocenters. The number of aliphatic hydroxyl groups is 1. The van der Waals surface area contributed by atoms with Crippen LogP contribution in [0.15, 0.2) is 16.6 Å². The van der Waals surface area contributed by atoms with Crippen molar-refractivity contribution >= 4 is 27.7 Å². The predicted molar refractivity (Wildman–Crippen MR) is 74.7 cm³/mol. The summed E-state index contributed by atoms with van der Waals surface area (Å²) in [6, 6.07) is 2.53. The van der Waals surface area contributed by atoms with Crippen LogP contribution in [0.3, 0.4) is 0 Å². The maximum absolute atomic E-state index is 13.7. The van der Waals surface area contributed by atoms with Gasteiger partial charge in [-0.15, -0.1) is 0 Å². The van der Waals surface area contributed by atoms with Gasteiger partial charge in [0.05, 0.1) is 11.1 Å². The Kier molecular flexibility index (Phi) is 6.55. The monoisotopic (exact) mass is 339 g/mol. The molecule has 6 heteroatoms. The topological polar surface area (TPSA) is 32.3 Å². The zero-order chi connectivity index (χ0) is 13.7. The van der Waals surface area contributed by atoms with Crippen LogP contribution in [-0.2, 0) is 6.54 Å². The van der Waals surface area contributed by atoms with E-state index in [4.69, 9.17) is 5.11 Å². The molecule has 0 aliphatic heterocycles. The number of hydrogen-bond donors (Lipinski definition) is 2. The second kappa shape index (κ2) is 7.43. The number of benzene rings is 1. The molecule has 0 heterocycles. The number of hydrogen-bond acceptors (Lipinski definition) is 3. The third-order valence-electron chi connectivity index (χ3n) is 2.78. The lowest BCUT2D eigenvalue weighted by atomic mass is 10.1. The molecule has 1 rings (SSSR count). The number of rotatable bonds is 6. The van der Waals surface area contributed by atoms with E-state index in [2.05, 4.69) is 21.2 Å². The van der Waals surface area contributed by atoms with Gasteiger partial charge in [0.1, 0.15) is 11.6 Å². The summed E-state index contributed by atoms with van der Waals surface area (Å²) in [6.45, 7) is 2.00. The van der Waals surface area contributed by atoms with Gasteiger partial charge in [-0.05, 0) is 41.2 Å². The fraction of sp³-hybridized carbons (Fsp3) is 0.500. The molecule has 0 amide bonds. The molecule has 0 spiro atoms. The highest BCUT2D eigenvalue weighted by Crippen LogP contribution is 2.22. The molecule has 18 heavy (non-hydrogen) atoms. The lowest BCUT2D eigenvalue weighted by Gasteiger charge is -2.21. The SMILES string of the molecule is CSC(CO)C(C)NCc1c(F)ccc(Br)c1F. The fourth-order valence-corrected chi connectivity index (χ4v) is 2.59. The number of nitrogens with one attached hydrogen (secondary N) is 1.